The van der Waals surface area contributed by atoms with E-state index in [9.17, 15) is 4.57 Å². The highest BCUT2D eigenvalue weighted by molar-refractivity contribution is 7.82. The van der Waals surface area contributed by atoms with Gasteiger partial charge in [-0.3, -0.25) is 14.7 Å². The second-order valence-electron chi connectivity index (χ2n) is 3.78. The molecule has 2 rings (SSSR count). The summed E-state index contributed by atoms with van der Waals surface area (Å²) in [5, 5.41) is 6.36. The lowest BCUT2D eigenvalue weighted by Gasteiger charge is -2.22. The molecule has 9 heteroatoms. The molecule has 0 aromatic carbocycles. The molecule has 0 saturated carbocycles. The van der Waals surface area contributed by atoms with Crippen LogP contribution in [-0.4, -0.2) is 52.8 Å². The van der Waals surface area contributed by atoms with E-state index in [1.807, 2.05) is 9.80 Å². The first-order valence-electron chi connectivity index (χ1n) is 5.43. The Kier molecular flexibility index (Phi) is 3.87. The van der Waals surface area contributed by atoms with E-state index in [1.165, 1.54) is 0 Å². The fourth-order valence-electron chi connectivity index (χ4n) is 1.17. The second kappa shape index (κ2) is 5.06. The SMILES string of the molecule is CCOP(=O)(NC(=S)N1CC1)NC(=S)N1CC1. The Balaban J connectivity index is 1.93. The van der Waals surface area contributed by atoms with Gasteiger partial charge in [-0.05, 0) is 31.4 Å². The van der Waals surface area contributed by atoms with E-state index in [0.717, 1.165) is 26.2 Å². The average molecular weight is 294 g/mol. The highest BCUT2D eigenvalue weighted by Crippen LogP contribution is 2.38. The summed E-state index contributed by atoms with van der Waals surface area (Å²) in [5.74, 6) is 0. The Hall–Kier alpha value is -0.430. The van der Waals surface area contributed by atoms with Crippen molar-refractivity contribution in [1.82, 2.24) is 20.0 Å². The van der Waals surface area contributed by atoms with Gasteiger partial charge in [-0.1, -0.05) is 0 Å². The quantitative estimate of drug-likeness (QED) is 0.442. The summed E-state index contributed by atoms with van der Waals surface area (Å²) in [4.78, 5) is 3.78. The number of nitrogens with one attached hydrogen (secondary N) is 2. The minimum absolute atomic E-state index is 0.322. The molecule has 0 amide bonds. The van der Waals surface area contributed by atoms with Crippen molar-refractivity contribution in [1.29, 1.82) is 0 Å². The Labute approximate surface area is 111 Å². The van der Waals surface area contributed by atoms with Gasteiger partial charge >= 0.3 is 7.67 Å². The molecule has 0 radical (unpaired) electrons. The first-order chi connectivity index (χ1) is 8.04. The van der Waals surface area contributed by atoms with Crippen LogP contribution in [0.15, 0.2) is 0 Å². The molecule has 2 aliphatic heterocycles. The molecular weight excluding hydrogens is 279 g/mol. The van der Waals surface area contributed by atoms with Crippen LogP contribution in [0.5, 0.6) is 0 Å². The zero-order valence-corrected chi connectivity index (χ0v) is 12.0. The summed E-state index contributed by atoms with van der Waals surface area (Å²) in [6, 6.07) is 0. The van der Waals surface area contributed by atoms with Crippen LogP contribution in [-0.2, 0) is 9.09 Å². The molecular formula is C8H15N4O2PS2. The molecule has 0 aliphatic carbocycles. The predicted molar refractivity (Wildman–Crippen MR) is 73.8 cm³/mol. The Morgan fingerprint density at radius 1 is 1.18 bits per heavy atom. The lowest BCUT2D eigenvalue weighted by atomic mass is 10.9. The molecule has 2 heterocycles. The van der Waals surface area contributed by atoms with Gasteiger partial charge in [-0.15, -0.1) is 0 Å². The molecule has 0 atom stereocenters. The Morgan fingerprint density at radius 3 is 1.88 bits per heavy atom. The lowest BCUT2D eigenvalue weighted by Crippen LogP contribution is -2.36. The summed E-state index contributed by atoms with van der Waals surface area (Å²) in [6.07, 6.45) is 0. The summed E-state index contributed by atoms with van der Waals surface area (Å²) >= 11 is 10.2. The van der Waals surface area contributed by atoms with Crippen molar-refractivity contribution >= 4 is 42.3 Å². The maximum Gasteiger partial charge on any atom is 0.395 e. The van der Waals surface area contributed by atoms with Gasteiger partial charge in [0.2, 0.25) is 0 Å². The molecule has 0 spiro atoms. The van der Waals surface area contributed by atoms with Crippen LogP contribution in [0.3, 0.4) is 0 Å². The molecule has 0 aromatic rings. The van der Waals surface area contributed by atoms with E-state index in [2.05, 4.69) is 10.2 Å². The van der Waals surface area contributed by atoms with E-state index >= 15 is 0 Å². The molecule has 0 unspecified atom stereocenters. The Bertz CT molecular complexity index is 354. The number of rotatable bonds is 4. The number of hydrogen-bond acceptors (Lipinski definition) is 4. The van der Waals surface area contributed by atoms with Gasteiger partial charge in [0.15, 0.2) is 10.2 Å². The van der Waals surface area contributed by atoms with Gasteiger partial charge in [0.05, 0.1) is 6.61 Å². The van der Waals surface area contributed by atoms with Crippen molar-refractivity contribution < 1.29 is 9.09 Å². The second-order valence-corrected chi connectivity index (χ2v) is 6.36. The summed E-state index contributed by atoms with van der Waals surface area (Å²) in [7, 11) is -3.23. The minimum atomic E-state index is -3.23. The number of hydrogen-bond donors (Lipinski definition) is 2. The van der Waals surface area contributed by atoms with Crippen LogP contribution in [0.2, 0.25) is 0 Å². The molecule has 0 aromatic heterocycles. The zero-order valence-electron chi connectivity index (χ0n) is 9.51. The lowest BCUT2D eigenvalue weighted by molar-refractivity contribution is 0.325. The summed E-state index contributed by atoms with van der Waals surface area (Å²) in [5.41, 5.74) is 0. The van der Waals surface area contributed by atoms with E-state index in [1.54, 1.807) is 6.92 Å². The predicted octanol–water partition coefficient (Wildman–Crippen LogP) is 0.511. The van der Waals surface area contributed by atoms with Crippen LogP contribution in [0.25, 0.3) is 0 Å². The molecule has 6 nitrogen and oxygen atoms in total. The van der Waals surface area contributed by atoms with Gasteiger partial charge < -0.3 is 9.80 Å². The first-order valence-corrected chi connectivity index (χ1v) is 7.87. The molecule has 17 heavy (non-hydrogen) atoms. The van der Waals surface area contributed by atoms with E-state index in [0.29, 0.717) is 16.8 Å². The van der Waals surface area contributed by atoms with E-state index in [-0.39, 0.29) is 0 Å². The highest BCUT2D eigenvalue weighted by Gasteiger charge is 2.33. The van der Waals surface area contributed by atoms with Gasteiger partial charge in [-0.2, -0.15) is 0 Å². The van der Waals surface area contributed by atoms with Crippen molar-refractivity contribution in [3.05, 3.63) is 0 Å². The van der Waals surface area contributed by atoms with Crippen LogP contribution in [0.4, 0.5) is 0 Å². The van der Waals surface area contributed by atoms with Gasteiger partial charge in [-0.25, -0.2) is 4.57 Å². The monoisotopic (exact) mass is 294 g/mol. The maximum absolute atomic E-state index is 12.4. The zero-order chi connectivity index (χ0) is 12.5. The van der Waals surface area contributed by atoms with Crippen molar-refractivity contribution in [3.8, 4) is 0 Å². The Morgan fingerprint density at radius 2 is 1.59 bits per heavy atom. The van der Waals surface area contributed by atoms with Crippen molar-refractivity contribution in [2.75, 3.05) is 32.8 Å². The van der Waals surface area contributed by atoms with E-state index < -0.39 is 7.67 Å². The minimum Gasteiger partial charge on any atom is -0.345 e. The van der Waals surface area contributed by atoms with E-state index in [4.69, 9.17) is 29.0 Å². The first kappa shape index (κ1) is 13.0. The highest BCUT2D eigenvalue weighted by atomic mass is 32.1. The van der Waals surface area contributed by atoms with Crippen LogP contribution in [0.1, 0.15) is 6.92 Å². The third-order valence-electron chi connectivity index (χ3n) is 2.27. The smallest absolute Gasteiger partial charge is 0.345 e. The van der Waals surface area contributed by atoms with Crippen molar-refractivity contribution in [2.45, 2.75) is 6.92 Å². The largest absolute Gasteiger partial charge is 0.395 e. The standard InChI is InChI=1S/C8H15N4O2PS2/c1-2-14-15(13,9-7(16)11-3-4-11)10-8(17)12-5-6-12/h2-6H2,1H3,(H2,9,10,13,16,17). The fourth-order valence-corrected chi connectivity index (χ4v) is 3.60. The number of thiocarbonyl (C=S) groups is 2. The van der Waals surface area contributed by atoms with Crippen molar-refractivity contribution in [2.24, 2.45) is 0 Å². The molecule has 2 saturated heterocycles. The van der Waals surface area contributed by atoms with Gasteiger partial charge in [0, 0.05) is 26.2 Å². The van der Waals surface area contributed by atoms with Crippen molar-refractivity contribution in [3.63, 3.8) is 0 Å². The summed E-state index contributed by atoms with van der Waals surface area (Å²) < 4.78 is 17.7. The average Bonchev–Trinajstić information content (AvgIpc) is 3.10. The van der Waals surface area contributed by atoms with Gasteiger partial charge in [0.1, 0.15) is 0 Å². The molecule has 2 fully saturated rings. The summed E-state index contributed by atoms with van der Waals surface area (Å²) in [6.45, 7) is 5.69. The van der Waals surface area contributed by atoms with Crippen LogP contribution >= 0.6 is 32.1 Å². The third-order valence-corrected chi connectivity index (χ3v) is 4.92. The van der Waals surface area contributed by atoms with Gasteiger partial charge in [0.25, 0.3) is 0 Å². The fraction of sp³-hybridized carbons (Fsp3) is 0.750. The van der Waals surface area contributed by atoms with Crippen LogP contribution < -0.4 is 10.2 Å². The topological polar surface area (TPSA) is 56.4 Å². The number of nitrogens with zero attached hydrogens (tertiary/aromatic N) is 2. The third kappa shape index (κ3) is 3.77. The molecule has 2 N–H and O–H groups in total. The molecule has 96 valence electrons. The molecule has 2 aliphatic rings. The maximum atomic E-state index is 12.4. The van der Waals surface area contributed by atoms with Crippen LogP contribution in [0, 0.1) is 0 Å². The molecule has 0 bridgehead atoms. The normalized spacial score (nSPS) is 17.7.